The summed E-state index contributed by atoms with van der Waals surface area (Å²) in [7, 11) is 0. The van der Waals surface area contributed by atoms with Crippen LogP contribution in [0.15, 0.2) is 72.8 Å². The van der Waals surface area contributed by atoms with Crippen molar-refractivity contribution in [1.29, 1.82) is 0 Å². The molecule has 0 saturated carbocycles. The topological polar surface area (TPSA) is 12.0 Å². The first-order valence-electron chi connectivity index (χ1n) is 9.51. The number of benzene rings is 4. The summed E-state index contributed by atoms with van der Waals surface area (Å²) in [6, 6.07) is 19.1. The van der Waals surface area contributed by atoms with E-state index in [0.717, 1.165) is 39.2 Å². The molecule has 1 N–H and O–H groups in total. The molecule has 0 fully saturated rings. The van der Waals surface area contributed by atoms with Gasteiger partial charge in [0, 0.05) is 13.1 Å². The van der Waals surface area contributed by atoms with Gasteiger partial charge in [0.1, 0.15) is 0 Å². The first-order valence-corrected chi connectivity index (χ1v) is 9.51. The van der Waals surface area contributed by atoms with E-state index in [-0.39, 0.29) is 18.2 Å². The molecule has 31 heavy (non-hydrogen) atoms. The van der Waals surface area contributed by atoms with E-state index in [2.05, 4.69) is 11.4 Å². The molecule has 0 atom stereocenters. The fourth-order valence-corrected chi connectivity index (χ4v) is 3.75. The highest BCUT2D eigenvalue weighted by Crippen LogP contribution is 2.36. The maximum Gasteiger partial charge on any atom is 0.416 e. The minimum absolute atomic E-state index is 0.0771. The Morgan fingerprint density at radius 3 is 1.55 bits per heavy atom. The lowest BCUT2D eigenvalue weighted by Gasteiger charge is -2.16. The Bertz CT molecular complexity index is 1150. The highest BCUT2D eigenvalue weighted by Gasteiger charge is 2.36. The van der Waals surface area contributed by atoms with Gasteiger partial charge in [-0.25, -0.2) is 0 Å². The van der Waals surface area contributed by atoms with Gasteiger partial charge in [-0.15, -0.1) is 0 Å². The zero-order chi connectivity index (χ0) is 22.2. The SMILES string of the molecule is FC(F)(F)c1cc(CNCc2c3ccccc3cc3ccccc23)cc(C(F)(F)F)c1. The van der Waals surface area contributed by atoms with E-state index in [4.69, 9.17) is 0 Å². The minimum Gasteiger partial charge on any atom is -0.309 e. The molecule has 0 saturated heterocycles. The van der Waals surface area contributed by atoms with Gasteiger partial charge in [0.05, 0.1) is 11.1 Å². The molecule has 0 aromatic heterocycles. The lowest BCUT2D eigenvalue weighted by atomic mass is 9.96. The molecule has 7 heteroatoms. The summed E-state index contributed by atoms with van der Waals surface area (Å²) in [6.07, 6.45) is -9.72. The van der Waals surface area contributed by atoms with E-state index in [1.54, 1.807) is 0 Å². The van der Waals surface area contributed by atoms with E-state index >= 15 is 0 Å². The molecule has 0 spiro atoms. The largest absolute Gasteiger partial charge is 0.416 e. The number of nitrogens with one attached hydrogen (secondary N) is 1. The van der Waals surface area contributed by atoms with E-state index in [0.29, 0.717) is 6.54 Å². The third kappa shape index (κ3) is 4.51. The number of halogens is 6. The zero-order valence-electron chi connectivity index (χ0n) is 16.1. The number of hydrogen-bond donors (Lipinski definition) is 1. The summed E-state index contributed by atoms with van der Waals surface area (Å²) in [4.78, 5) is 0. The summed E-state index contributed by atoms with van der Waals surface area (Å²) < 4.78 is 78.5. The number of fused-ring (bicyclic) bond motifs is 2. The molecule has 160 valence electrons. The Hall–Kier alpha value is -3.06. The van der Waals surface area contributed by atoms with Crippen LogP contribution in [-0.4, -0.2) is 0 Å². The Kier molecular flexibility index (Phi) is 5.39. The highest BCUT2D eigenvalue weighted by atomic mass is 19.4. The van der Waals surface area contributed by atoms with Crippen LogP contribution in [-0.2, 0) is 25.4 Å². The van der Waals surface area contributed by atoms with Crippen LogP contribution in [0.5, 0.6) is 0 Å². The molecule has 4 rings (SSSR count). The van der Waals surface area contributed by atoms with Gasteiger partial charge < -0.3 is 5.32 Å². The highest BCUT2D eigenvalue weighted by molar-refractivity contribution is 6.02. The normalized spacial score (nSPS) is 12.6. The third-order valence-electron chi connectivity index (χ3n) is 5.16. The van der Waals surface area contributed by atoms with Crippen molar-refractivity contribution in [2.75, 3.05) is 0 Å². The van der Waals surface area contributed by atoms with Gasteiger partial charge in [-0.1, -0.05) is 48.5 Å². The van der Waals surface area contributed by atoms with Crippen molar-refractivity contribution >= 4 is 21.5 Å². The van der Waals surface area contributed by atoms with Gasteiger partial charge >= 0.3 is 12.4 Å². The summed E-state index contributed by atoms with van der Waals surface area (Å²) in [5.74, 6) is 0. The Labute approximate surface area is 174 Å². The second-order valence-electron chi connectivity index (χ2n) is 7.32. The predicted molar refractivity (Wildman–Crippen MR) is 108 cm³/mol. The zero-order valence-corrected chi connectivity index (χ0v) is 16.1. The number of alkyl halides is 6. The Morgan fingerprint density at radius 1 is 0.581 bits per heavy atom. The van der Waals surface area contributed by atoms with Crippen LogP contribution >= 0.6 is 0 Å². The maximum absolute atomic E-state index is 13.1. The average molecular weight is 433 g/mol. The van der Waals surface area contributed by atoms with Crippen molar-refractivity contribution < 1.29 is 26.3 Å². The molecule has 0 bridgehead atoms. The summed E-state index contributed by atoms with van der Waals surface area (Å²) >= 11 is 0. The molecule has 0 amide bonds. The van der Waals surface area contributed by atoms with Gasteiger partial charge in [-0.05, 0) is 56.9 Å². The van der Waals surface area contributed by atoms with Crippen LogP contribution in [0.3, 0.4) is 0 Å². The third-order valence-corrected chi connectivity index (χ3v) is 5.16. The minimum atomic E-state index is -4.86. The lowest BCUT2D eigenvalue weighted by Crippen LogP contribution is -2.16. The summed E-state index contributed by atoms with van der Waals surface area (Å²) in [5, 5.41) is 7.01. The monoisotopic (exact) mass is 433 g/mol. The molecule has 0 unspecified atom stereocenters. The second-order valence-corrected chi connectivity index (χ2v) is 7.32. The van der Waals surface area contributed by atoms with E-state index < -0.39 is 23.5 Å². The fraction of sp³-hybridized carbons (Fsp3) is 0.167. The Morgan fingerprint density at radius 2 is 1.06 bits per heavy atom. The molecule has 0 aliphatic heterocycles. The maximum atomic E-state index is 13.1. The van der Waals surface area contributed by atoms with Crippen molar-refractivity contribution in [3.8, 4) is 0 Å². The first-order chi connectivity index (χ1) is 14.6. The van der Waals surface area contributed by atoms with Gasteiger partial charge in [0.15, 0.2) is 0 Å². The van der Waals surface area contributed by atoms with E-state index in [1.165, 1.54) is 0 Å². The van der Waals surface area contributed by atoms with Crippen molar-refractivity contribution in [3.05, 3.63) is 95.1 Å². The van der Waals surface area contributed by atoms with E-state index in [9.17, 15) is 26.3 Å². The first kappa shape index (κ1) is 21.2. The van der Waals surface area contributed by atoms with Gasteiger partial charge in [-0.3, -0.25) is 0 Å². The van der Waals surface area contributed by atoms with Crippen molar-refractivity contribution in [1.82, 2.24) is 5.32 Å². The van der Waals surface area contributed by atoms with Crippen LogP contribution in [0.25, 0.3) is 21.5 Å². The average Bonchev–Trinajstić information content (AvgIpc) is 2.72. The smallest absolute Gasteiger partial charge is 0.309 e. The molecule has 0 heterocycles. The van der Waals surface area contributed by atoms with E-state index in [1.807, 2.05) is 48.5 Å². The molecule has 1 nitrogen and oxygen atoms in total. The van der Waals surface area contributed by atoms with Crippen LogP contribution in [0.4, 0.5) is 26.3 Å². The van der Waals surface area contributed by atoms with Gasteiger partial charge in [-0.2, -0.15) is 26.3 Å². The molecule has 0 aliphatic carbocycles. The van der Waals surface area contributed by atoms with Gasteiger partial charge in [0.2, 0.25) is 0 Å². The number of hydrogen-bond acceptors (Lipinski definition) is 1. The molecular weight excluding hydrogens is 416 g/mol. The van der Waals surface area contributed by atoms with Crippen LogP contribution in [0, 0.1) is 0 Å². The lowest BCUT2D eigenvalue weighted by molar-refractivity contribution is -0.143. The summed E-state index contributed by atoms with van der Waals surface area (Å²) in [5.41, 5.74) is -1.76. The van der Waals surface area contributed by atoms with Crippen molar-refractivity contribution in [2.45, 2.75) is 25.4 Å². The standard InChI is InChI=1S/C24H17F6N/c25-23(26,27)18-9-15(10-19(12-18)24(28,29)30)13-31-14-22-20-7-3-1-5-16(20)11-17-6-2-4-8-21(17)22/h1-12,31H,13-14H2. The van der Waals surface area contributed by atoms with Crippen LogP contribution in [0.1, 0.15) is 22.3 Å². The van der Waals surface area contributed by atoms with Crippen molar-refractivity contribution in [2.24, 2.45) is 0 Å². The molecular formula is C24H17F6N. The fourth-order valence-electron chi connectivity index (χ4n) is 3.75. The van der Waals surface area contributed by atoms with Gasteiger partial charge in [0.25, 0.3) is 0 Å². The summed E-state index contributed by atoms with van der Waals surface area (Å²) in [6.45, 7) is 0.157. The Balaban J connectivity index is 1.66. The molecule has 0 radical (unpaired) electrons. The van der Waals surface area contributed by atoms with Crippen LogP contribution < -0.4 is 5.32 Å². The molecule has 4 aromatic carbocycles. The van der Waals surface area contributed by atoms with Crippen LogP contribution in [0.2, 0.25) is 0 Å². The molecule has 4 aromatic rings. The van der Waals surface area contributed by atoms with Crippen molar-refractivity contribution in [3.63, 3.8) is 0 Å². The quantitative estimate of drug-likeness (QED) is 0.263. The number of rotatable bonds is 4. The predicted octanol–water partition coefficient (Wildman–Crippen LogP) is 7.32. The molecule has 0 aliphatic rings. The second kappa shape index (κ2) is 7.89.